The lowest BCUT2D eigenvalue weighted by Gasteiger charge is -2.21. The maximum absolute atomic E-state index is 13.7. The molecule has 0 aliphatic carbocycles. The predicted molar refractivity (Wildman–Crippen MR) is 51.8 cm³/mol. The van der Waals surface area contributed by atoms with Crippen molar-refractivity contribution >= 4 is 0 Å². The van der Waals surface area contributed by atoms with Crippen molar-refractivity contribution in [2.75, 3.05) is 7.11 Å². The normalized spacial score (nSPS) is 11.5. The molecule has 0 aromatic heterocycles. The molecule has 4 heteroatoms. The number of hydrogen-bond donors (Lipinski definition) is 2. The maximum Gasteiger partial charge on any atom is 0.196 e. The van der Waals surface area contributed by atoms with Crippen LogP contribution < -0.4 is 10.5 Å². The fraction of sp³-hybridized carbons (Fsp3) is 0.400. The number of methoxy groups -OCH3 is 1. The van der Waals surface area contributed by atoms with Crippen molar-refractivity contribution in [2.45, 2.75) is 19.4 Å². The topological polar surface area (TPSA) is 55.5 Å². The lowest BCUT2D eigenvalue weighted by Crippen LogP contribution is -2.30. The van der Waals surface area contributed by atoms with E-state index in [4.69, 9.17) is 10.5 Å². The van der Waals surface area contributed by atoms with Gasteiger partial charge in [0.1, 0.15) is 0 Å². The summed E-state index contributed by atoms with van der Waals surface area (Å²) >= 11 is 0. The van der Waals surface area contributed by atoms with E-state index >= 15 is 0 Å². The molecule has 1 aromatic carbocycles. The SMILES string of the molecule is COc1c(O)ccc(C(C)(C)N)c1F. The molecule has 0 saturated carbocycles. The zero-order valence-electron chi connectivity index (χ0n) is 8.47. The van der Waals surface area contributed by atoms with Gasteiger partial charge in [-0.05, 0) is 19.9 Å². The van der Waals surface area contributed by atoms with Crippen molar-refractivity contribution in [3.05, 3.63) is 23.5 Å². The van der Waals surface area contributed by atoms with Gasteiger partial charge in [0.25, 0.3) is 0 Å². The molecular weight excluding hydrogens is 185 g/mol. The minimum atomic E-state index is -0.801. The first-order chi connectivity index (χ1) is 6.38. The third kappa shape index (κ3) is 1.80. The second-order valence-corrected chi connectivity index (χ2v) is 3.70. The Balaban J connectivity index is 3.36. The van der Waals surface area contributed by atoms with Gasteiger partial charge in [0.15, 0.2) is 17.3 Å². The van der Waals surface area contributed by atoms with Gasteiger partial charge in [0.2, 0.25) is 0 Å². The van der Waals surface area contributed by atoms with E-state index in [9.17, 15) is 9.50 Å². The van der Waals surface area contributed by atoms with E-state index in [2.05, 4.69) is 0 Å². The molecule has 1 rings (SSSR count). The first-order valence-corrected chi connectivity index (χ1v) is 4.22. The average Bonchev–Trinajstić information content (AvgIpc) is 2.02. The Labute approximate surface area is 82.3 Å². The lowest BCUT2D eigenvalue weighted by atomic mass is 9.94. The molecule has 3 N–H and O–H groups in total. The van der Waals surface area contributed by atoms with E-state index in [1.165, 1.54) is 19.2 Å². The number of benzene rings is 1. The molecular formula is C10H14FNO2. The van der Waals surface area contributed by atoms with E-state index in [1.54, 1.807) is 13.8 Å². The van der Waals surface area contributed by atoms with Gasteiger partial charge in [-0.1, -0.05) is 6.07 Å². The van der Waals surface area contributed by atoms with Crippen LogP contribution in [-0.2, 0) is 5.54 Å². The molecule has 0 aliphatic heterocycles. The third-order valence-corrected chi connectivity index (χ3v) is 1.97. The number of halogens is 1. The number of phenols is 1. The Bertz CT molecular complexity index is 345. The molecule has 0 atom stereocenters. The van der Waals surface area contributed by atoms with E-state index in [0.717, 1.165) is 0 Å². The summed E-state index contributed by atoms with van der Waals surface area (Å²) in [4.78, 5) is 0. The van der Waals surface area contributed by atoms with Gasteiger partial charge >= 0.3 is 0 Å². The summed E-state index contributed by atoms with van der Waals surface area (Å²) in [5, 5.41) is 9.28. The van der Waals surface area contributed by atoms with Crippen molar-refractivity contribution < 1.29 is 14.2 Å². The Kier molecular flexibility index (Phi) is 2.66. The third-order valence-electron chi connectivity index (χ3n) is 1.97. The van der Waals surface area contributed by atoms with Gasteiger partial charge in [-0.15, -0.1) is 0 Å². The molecule has 0 spiro atoms. The average molecular weight is 199 g/mol. The van der Waals surface area contributed by atoms with Crippen molar-refractivity contribution in [2.24, 2.45) is 5.73 Å². The van der Waals surface area contributed by atoms with E-state index in [1.807, 2.05) is 0 Å². The highest BCUT2D eigenvalue weighted by Crippen LogP contribution is 2.34. The molecule has 14 heavy (non-hydrogen) atoms. The van der Waals surface area contributed by atoms with Crippen LogP contribution in [0, 0.1) is 5.82 Å². The van der Waals surface area contributed by atoms with E-state index in [0.29, 0.717) is 5.56 Å². The smallest absolute Gasteiger partial charge is 0.196 e. The van der Waals surface area contributed by atoms with Crippen LogP contribution in [0.1, 0.15) is 19.4 Å². The van der Waals surface area contributed by atoms with Crippen LogP contribution in [0.15, 0.2) is 12.1 Å². The minimum Gasteiger partial charge on any atom is -0.504 e. The number of nitrogens with two attached hydrogens (primary N) is 1. The fourth-order valence-electron chi connectivity index (χ4n) is 1.24. The first-order valence-electron chi connectivity index (χ1n) is 4.22. The summed E-state index contributed by atoms with van der Waals surface area (Å²) in [6, 6.07) is 2.82. The summed E-state index contributed by atoms with van der Waals surface area (Å²) in [5.74, 6) is -1.00. The second kappa shape index (κ2) is 3.46. The zero-order valence-corrected chi connectivity index (χ0v) is 8.47. The monoisotopic (exact) mass is 199 g/mol. The number of rotatable bonds is 2. The van der Waals surface area contributed by atoms with E-state index in [-0.39, 0.29) is 11.5 Å². The van der Waals surface area contributed by atoms with Gasteiger partial charge in [0.05, 0.1) is 7.11 Å². The number of phenolic OH excluding ortho intramolecular Hbond substituents is 1. The van der Waals surface area contributed by atoms with Crippen molar-refractivity contribution in [1.82, 2.24) is 0 Å². The Hall–Kier alpha value is -1.29. The standard InChI is InChI=1S/C10H14FNO2/c1-10(2,12)6-4-5-7(13)9(14-3)8(6)11/h4-5,13H,12H2,1-3H3. The quantitative estimate of drug-likeness (QED) is 0.762. The van der Waals surface area contributed by atoms with Crippen LogP contribution in [0.25, 0.3) is 0 Å². The van der Waals surface area contributed by atoms with Crippen LogP contribution >= 0.6 is 0 Å². The maximum atomic E-state index is 13.7. The molecule has 0 unspecified atom stereocenters. The molecule has 3 nitrogen and oxygen atoms in total. The molecule has 0 amide bonds. The predicted octanol–water partition coefficient (Wildman–Crippen LogP) is 1.73. The van der Waals surface area contributed by atoms with Crippen LogP contribution in [-0.4, -0.2) is 12.2 Å². The highest BCUT2D eigenvalue weighted by atomic mass is 19.1. The summed E-state index contributed by atoms with van der Waals surface area (Å²) in [6.07, 6.45) is 0. The van der Waals surface area contributed by atoms with E-state index < -0.39 is 11.4 Å². The Morgan fingerprint density at radius 1 is 1.43 bits per heavy atom. The minimum absolute atomic E-state index is 0.166. The highest BCUT2D eigenvalue weighted by Gasteiger charge is 2.23. The Morgan fingerprint density at radius 3 is 2.43 bits per heavy atom. The molecule has 0 heterocycles. The second-order valence-electron chi connectivity index (χ2n) is 3.70. The molecule has 1 aromatic rings. The van der Waals surface area contributed by atoms with Crippen molar-refractivity contribution in [3.8, 4) is 11.5 Å². The number of aromatic hydroxyl groups is 1. The van der Waals surface area contributed by atoms with Crippen LogP contribution in [0.5, 0.6) is 11.5 Å². The van der Waals surface area contributed by atoms with Gasteiger partial charge < -0.3 is 15.6 Å². The first kappa shape index (κ1) is 10.8. The van der Waals surface area contributed by atoms with Crippen LogP contribution in [0.2, 0.25) is 0 Å². The summed E-state index contributed by atoms with van der Waals surface area (Å²) in [7, 11) is 1.30. The van der Waals surface area contributed by atoms with Crippen molar-refractivity contribution in [1.29, 1.82) is 0 Å². The Morgan fingerprint density at radius 2 is 2.00 bits per heavy atom. The summed E-state index contributed by atoms with van der Waals surface area (Å²) in [6.45, 7) is 3.36. The summed E-state index contributed by atoms with van der Waals surface area (Å²) < 4.78 is 18.4. The molecule has 0 bridgehead atoms. The van der Waals surface area contributed by atoms with Gasteiger partial charge in [-0.3, -0.25) is 0 Å². The summed E-state index contributed by atoms with van der Waals surface area (Å²) in [5.41, 5.74) is 5.27. The van der Waals surface area contributed by atoms with Crippen LogP contribution in [0.4, 0.5) is 4.39 Å². The zero-order chi connectivity index (χ0) is 10.9. The van der Waals surface area contributed by atoms with Crippen molar-refractivity contribution in [3.63, 3.8) is 0 Å². The van der Waals surface area contributed by atoms with Gasteiger partial charge in [0, 0.05) is 11.1 Å². The van der Waals surface area contributed by atoms with Crippen LogP contribution in [0.3, 0.4) is 0 Å². The number of hydrogen-bond acceptors (Lipinski definition) is 3. The molecule has 0 aliphatic rings. The van der Waals surface area contributed by atoms with Gasteiger partial charge in [-0.25, -0.2) is 4.39 Å². The molecule has 0 fully saturated rings. The fourth-order valence-corrected chi connectivity index (χ4v) is 1.24. The lowest BCUT2D eigenvalue weighted by molar-refractivity contribution is 0.344. The number of ether oxygens (including phenoxy) is 1. The molecule has 0 saturated heterocycles. The molecule has 0 radical (unpaired) electrons. The van der Waals surface area contributed by atoms with Gasteiger partial charge in [-0.2, -0.15) is 0 Å². The molecule has 78 valence electrons. The highest BCUT2D eigenvalue weighted by molar-refractivity contribution is 5.45. The largest absolute Gasteiger partial charge is 0.504 e.